The Morgan fingerprint density at radius 1 is 1.19 bits per heavy atom. The fourth-order valence-electron chi connectivity index (χ4n) is 3.08. The van der Waals surface area contributed by atoms with E-state index in [0.29, 0.717) is 18.5 Å². The number of thioether (sulfide) groups is 1. The molecule has 3 rings (SSSR count). The molecular weight excluding hydrogens is 288 g/mol. The van der Waals surface area contributed by atoms with Crippen molar-refractivity contribution in [3.8, 4) is 0 Å². The van der Waals surface area contributed by atoms with E-state index in [9.17, 15) is 14.4 Å². The molecule has 1 aliphatic heterocycles. The molecule has 1 aromatic carbocycles. The Labute approximate surface area is 127 Å². The Morgan fingerprint density at radius 2 is 1.90 bits per heavy atom. The minimum Gasteiger partial charge on any atom is -0.276 e. The number of nitrogens with one attached hydrogen (secondary N) is 1. The van der Waals surface area contributed by atoms with Crippen LogP contribution in [0.1, 0.15) is 25.7 Å². The number of hydrogen-bond acceptors (Lipinski definition) is 4. The standard InChI is InChI=1S/C15H16N2O3S/c1-21-11-6-4-5-10(9-11)17-13(19)15(7-2-3-8-15)12(18)16-14(17)20/h4-6,9H,2-3,7-8H2,1H3,(H,16,18,20). The first-order valence-electron chi connectivity index (χ1n) is 6.92. The molecular formula is C15H16N2O3S. The quantitative estimate of drug-likeness (QED) is 0.673. The monoisotopic (exact) mass is 304 g/mol. The molecule has 0 bridgehead atoms. The van der Waals surface area contributed by atoms with Gasteiger partial charge in [-0.3, -0.25) is 14.9 Å². The summed E-state index contributed by atoms with van der Waals surface area (Å²) in [6.07, 6.45) is 4.64. The van der Waals surface area contributed by atoms with E-state index in [4.69, 9.17) is 0 Å². The second kappa shape index (κ2) is 5.18. The summed E-state index contributed by atoms with van der Waals surface area (Å²) in [5, 5.41) is 2.35. The molecule has 1 saturated heterocycles. The van der Waals surface area contributed by atoms with Crippen LogP contribution in [0.15, 0.2) is 29.2 Å². The molecule has 1 spiro atoms. The number of benzene rings is 1. The zero-order valence-electron chi connectivity index (χ0n) is 11.7. The highest BCUT2D eigenvalue weighted by Crippen LogP contribution is 2.43. The van der Waals surface area contributed by atoms with E-state index in [-0.39, 0.29) is 5.91 Å². The van der Waals surface area contributed by atoms with E-state index >= 15 is 0 Å². The fourth-order valence-corrected chi connectivity index (χ4v) is 3.53. The summed E-state index contributed by atoms with van der Waals surface area (Å²) in [6.45, 7) is 0. The average molecular weight is 304 g/mol. The Balaban J connectivity index is 2.02. The van der Waals surface area contributed by atoms with Crippen LogP contribution in [0.3, 0.4) is 0 Å². The van der Waals surface area contributed by atoms with Gasteiger partial charge in [0.15, 0.2) is 0 Å². The molecule has 2 fully saturated rings. The van der Waals surface area contributed by atoms with Crippen LogP contribution in [-0.2, 0) is 9.59 Å². The highest BCUT2D eigenvalue weighted by Gasteiger charge is 2.55. The van der Waals surface area contributed by atoms with Crippen molar-refractivity contribution in [3.63, 3.8) is 0 Å². The van der Waals surface area contributed by atoms with Gasteiger partial charge in [0.05, 0.1) is 5.69 Å². The topological polar surface area (TPSA) is 66.5 Å². The van der Waals surface area contributed by atoms with Crippen molar-refractivity contribution in [1.29, 1.82) is 0 Å². The molecule has 21 heavy (non-hydrogen) atoms. The van der Waals surface area contributed by atoms with E-state index in [1.165, 1.54) is 11.8 Å². The van der Waals surface area contributed by atoms with Gasteiger partial charge in [-0.15, -0.1) is 11.8 Å². The van der Waals surface area contributed by atoms with E-state index in [1.807, 2.05) is 12.3 Å². The van der Waals surface area contributed by atoms with Gasteiger partial charge in [0.25, 0.3) is 5.91 Å². The minimum absolute atomic E-state index is 0.382. The fraction of sp³-hybridized carbons (Fsp3) is 0.400. The number of barbiturate groups is 1. The molecule has 1 saturated carbocycles. The normalized spacial score (nSPS) is 21.0. The van der Waals surface area contributed by atoms with E-state index in [2.05, 4.69) is 5.32 Å². The third-order valence-corrected chi connectivity index (χ3v) is 4.96. The predicted octanol–water partition coefficient (Wildman–Crippen LogP) is 2.55. The van der Waals surface area contributed by atoms with Gasteiger partial charge >= 0.3 is 6.03 Å². The van der Waals surface area contributed by atoms with Gasteiger partial charge in [0.1, 0.15) is 5.41 Å². The smallest absolute Gasteiger partial charge is 0.276 e. The lowest BCUT2D eigenvalue weighted by molar-refractivity contribution is -0.142. The van der Waals surface area contributed by atoms with Crippen molar-refractivity contribution >= 4 is 35.3 Å². The van der Waals surface area contributed by atoms with Gasteiger partial charge in [-0.2, -0.15) is 0 Å². The number of amides is 4. The van der Waals surface area contributed by atoms with Crippen molar-refractivity contribution in [1.82, 2.24) is 5.32 Å². The average Bonchev–Trinajstić information content (AvgIpc) is 2.97. The van der Waals surface area contributed by atoms with Crippen molar-refractivity contribution < 1.29 is 14.4 Å². The van der Waals surface area contributed by atoms with Gasteiger partial charge in [0, 0.05) is 4.90 Å². The van der Waals surface area contributed by atoms with Crippen molar-refractivity contribution in [2.75, 3.05) is 11.2 Å². The third kappa shape index (κ3) is 2.14. The lowest BCUT2D eigenvalue weighted by Gasteiger charge is -2.36. The van der Waals surface area contributed by atoms with Gasteiger partial charge in [-0.1, -0.05) is 18.9 Å². The van der Waals surface area contributed by atoms with Crippen molar-refractivity contribution in [2.24, 2.45) is 5.41 Å². The number of anilines is 1. The first kappa shape index (κ1) is 14.1. The Morgan fingerprint density at radius 3 is 2.57 bits per heavy atom. The summed E-state index contributed by atoms with van der Waals surface area (Å²) in [5.41, 5.74) is -0.536. The first-order chi connectivity index (χ1) is 10.1. The van der Waals surface area contributed by atoms with Gasteiger partial charge in [-0.05, 0) is 37.3 Å². The van der Waals surface area contributed by atoms with Crippen LogP contribution in [0.4, 0.5) is 10.5 Å². The molecule has 5 nitrogen and oxygen atoms in total. The largest absolute Gasteiger partial charge is 0.335 e. The second-order valence-corrected chi connectivity index (χ2v) is 6.27. The van der Waals surface area contributed by atoms with E-state index in [0.717, 1.165) is 22.6 Å². The number of nitrogens with zero attached hydrogens (tertiary/aromatic N) is 1. The number of rotatable bonds is 2. The second-order valence-electron chi connectivity index (χ2n) is 5.39. The van der Waals surface area contributed by atoms with Crippen LogP contribution in [0, 0.1) is 5.41 Å². The Kier molecular flexibility index (Phi) is 3.49. The SMILES string of the molecule is CSc1cccc(N2C(=O)NC(=O)C3(CCCC3)C2=O)c1. The van der Waals surface area contributed by atoms with Crippen LogP contribution in [0.25, 0.3) is 0 Å². The van der Waals surface area contributed by atoms with Crippen LogP contribution < -0.4 is 10.2 Å². The van der Waals surface area contributed by atoms with Crippen LogP contribution in [0.5, 0.6) is 0 Å². The van der Waals surface area contributed by atoms with Crippen molar-refractivity contribution in [2.45, 2.75) is 30.6 Å². The summed E-state index contributed by atoms with van der Waals surface area (Å²) in [5.74, 6) is -0.820. The highest BCUT2D eigenvalue weighted by atomic mass is 32.2. The summed E-state index contributed by atoms with van der Waals surface area (Å²) < 4.78 is 0. The number of carbonyl (C=O) groups excluding carboxylic acids is 3. The highest BCUT2D eigenvalue weighted by molar-refractivity contribution is 7.98. The third-order valence-electron chi connectivity index (χ3n) is 4.24. The zero-order valence-corrected chi connectivity index (χ0v) is 12.5. The molecule has 0 radical (unpaired) electrons. The molecule has 1 aliphatic carbocycles. The van der Waals surface area contributed by atoms with Gasteiger partial charge < -0.3 is 0 Å². The molecule has 0 unspecified atom stereocenters. The first-order valence-corrected chi connectivity index (χ1v) is 8.15. The van der Waals surface area contributed by atoms with Crippen LogP contribution in [-0.4, -0.2) is 24.1 Å². The van der Waals surface area contributed by atoms with E-state index < -0.39 is 17.4 Å². The number of carbonyl (C=O) groups is 3. The van der Waals surface area contributed by atoms with E-state index in [1.54, 1.807) is 18.2 Å². The van der Waals surface area contributed by atoms with Crippen LogP contribution in [0.2, 0.25) is 0 Å². The summed E-state index contributed by atoms with van der Waals surface area (Å²) in [7, 11) is 0. The number of urea groups is 1. The maximum absolute atomic E-state index is 12.8. The number of hydrogen-bond donors (Lipinski definition) is 1. The summed E-state index contributed by atoms with van der Waals surface area (Å²) in [6, 6.07) is 6.58. The summed E-state index contributed by atoms with van der Waals surface area (Å²) in [4.78, 5) is 39.2. The molecule has 1 N–H and O–H groups in total. The molecule has 6 heteroatoms. The lowest BCUT2D eigenvalue weighted by atomic mass is 9.82. The number of imide groups is 2. The Bertz CT molecular complexity index is 623. The molecule has 2 aliphatic rings. The Hall–Kier alpha value is -1.82. The molecule has 4 amide bonds. The minimum atomic E-state index is -1.05. The molecule has 1 aromatic rings. The van der Waals surface area contributed by atoms with Crippen molar-refractivity contribution in [3.05, 3.63) is 24.3 Å². The van der Waals surface area contributed by atoms with Gasteiger partial charge in [0.2, 0.25) is 5.91 Å². The molecule has 1 heterocycles. The maximum atomic E-state index is 12.8. The molecule has 0 aromatic heterocycles. The lowest BCUT2D eigenvalue weighted by Crippen LogP contribution is -2.63. The predicted molar refractivity (Wildman–Crippen MR) is 80.1 cm³/mol. The molecule has 110 valence electrons. The maximum Gasteiger partial charge on any atom is 0.335 e. The summed E-state index contributed by atoms with van der Waals surface area (Å²) >= 11 is 1.54. The molecule has 0 atom stereocenters. The zero-order chi connectivity index (χ0) is 15.0. The van der Waals surface area contributed by atoms with Gasteiger partial charge in [-0.25, -0.2) is 9.69 Å². The van der Waals surface area contributed by atoms with Crippen LogP contribution >= 0.6 is 11.8 Å².